The van der Waals surface area contributed by atoms with Crippen molar-refractivity contribution in [2.24, 2.45) is 0 Å². The molecule has 0 aliphatic carbocycles. The highest BCUT2D eigenvalue weighted by Crippen LogP contribution is 2.15. The average molecular weight is 309 g/mol. The number of halogens is 2. The zero-order valence-electron chi connectivity index (χ0n) is 12.4. The van der Waals surface area contributed by atoms with Crippen molar-refractivity contribution in [3.05, 3.63) is 88.5 Å². The molecule has 0 aliphatic rings. The smallest absolute Gasteiger partial charge is 0.203 e. The molecule has 2 aromatic carbocycles. The van der Waals surface area contributed by atoms with Gasteiger partial charge in [-0.2, -0.15) is 5.26 Å². The lowest BCUT2D eigenvalue weighted by Gasteiger charge is -2.01. The number of Topliss-reactive ketones (excluding diaryl/α,β-unsaturated/α-hetero) is 1. The molecule has 0 aromatic heterocycles. The maximum absolute atomic E-state index is 13.2. The van der Waals surface area contributed by atoms with Gasteiger partial charge < -0.3 is 0 Å². The van der Waals surface area contributed by atoms with E-state index in [1.807, 2.05) is 36.4 Å². The van der Waals surface area contributed by atoms with Gasteiger partial charge >= 0.3 is 0 Å². The van der Waals surface area contributed by atoms with E-state index in [0.29, 0.717) is 5.57 Å². The predicted molar refractivity (Wildman–Crippen MR) is 84.5 cm³/mol. The highest BCUT2D eigenvalue weighted by molar-refractivity contribution is 6.11. The molecule has 0 spiro atoms. The summed E-state index contributed by atoms with van der Waals surface area (Å²) in [6, 6.07) is 14.0. The fourth-order valence-electron chi connectivity index (χ4n) is 2.02. The van der Waals surface area contributed by atoms with Crippen molar-refractivity contribution in [2.75, 3.05) is 0 Å². The van der Waals surface area contributed by atoms with Crippen LogP contribution in [-0.4, -0.2) is 5.78 Å². The fourth-order valence-corrected chi connectivity index (χ4v) is 2.02. The van der Waals surface area contributed by atoms with Crippen LogP contribution in [0, 0.1) is 23.0 Å². The quantitative estimate of drug-likeness (QED) is 0.355. The first-order chi connectivity index (χ1) is 11.0. The lowest BCUT2D eigenvalue weighted by Crippen LogP contribution is -2.03. The molecule has 0 N–H and O–H groups in total. The van der Waals surface area contributed by atoms with E-state index in [0.717, 1.165) is 23.8 Å². The van der Waals surface area contributed by atoms with Gasteiger partial charge in [-0.25, -0.2) is 8.78 Å². The van der Waals surface area contributed by atoms with Gasteiger partial charge in [0.2, 0.25) is 5.78 Å². The summed E-state index contributed by atoms with van der Waals surface area (Å²) in [7, 11) is 0. The molecule has 2 nitrogen and oxygen atoms in total. The Balaban J connectivity index is 2.31. The van der Waals surface area contributed by atoms with Crippen LogP contribution in [0.3, 0.4) is 0 Å². The van der Waals surface area contributed by atoms with Crippen molar-refractivity contribution in [3.8, 4) is 6.07 Å². The predicted octanol–water partition coefficient (Wildman–Crippen LogP) is 4.70. The molecular weight excluding hydrogens is 296 g/mol. The number of allylic oxidation sites excluding steroid dienone is 3. The van der Waals surface area contributed by atoms with Crippen LogP contribution in [0.15, 0.2) is 65.8 Å². The van der Waals surface area contributed by atoms with Gasteiger partial charge in [0.1, 0.15) is 11.6 Å². The minimum Gasteiger partial charge on any atom is -0.288 e. The Kier molecular flexibility index (Phi) is 5.16. The number of benzene rings is 2. The highest BCUT2D eigenvalue weighted by atomic mass is 19.2. The van der Waals surface area contributed by atoms with Gasteiger partial charge in [0.15, 0.2) is 11.6 Å². The molecule has 0 amide bonds. The summed E-state index contributed by atoms with van der Waals surface area (Å²) in [5.41, 5.74) is 1.42. The monoisotopic (exact) mass is 309 g/mol. The number of rotatable bonds is 4. The standard InChI is InChI=1S/C19H13F2NO/c1-13(9-14-5-3-2-4-6-14)10-16(12-22)19(23)15-7-8-17(20)18(21)11-15/h2-11H,1H3. The van der Waals surface area contributed by atoms with Gasteiger partial charge in [-0.3, -0.25) is 4.79 Å². The molecular formula is C19H13F2NO. The molecule has 0 bridgehead atoms. The van der Waals surface area contributed by atoms with E-state index in [1.165, 1.54) is 6.08 Å². The van der Waals surface area contributed by atoms with Crippen LogP contribution in [0.1, 0.15) is 22.8 Å². The Morgan fingerprint density at radius 2 is 1.78 bits per heavy atom. The summed E-state index contributed by atoms with van der Waals surface area (Å²) in [5.74, 6) is -2.80. The number of ketones is 1. The molecule has 0 saturated carbocycles. The van der Waals surface area contributed by atoms with Gasteiger partial charge in [-0.1, -0.05) is 36.4 Å². The molecule has 0 atom stereocenters. The number of hydrogen-bond donors (Lipinski definition) is 0. The van der Waals surface area contributed by atoms with E-state index in [1.54, 1.807) is 13.0 Å². The lowest BCUT2D eigenvalue weighted by atomic mass is 10.0. The maximum atomic E-state index is 13.2. The van der Waals surface area contributed by atoms with E-state index in [-0.39, 0.29) is 11.1 Å². The first kappa shape index (κ1) is 16.3. The van der Waals surface area contributed by atoms with Crippen LogP contribution in [0.4, 0.5) is 8.78 Å². The molecule has 2 aromatic rings. The van der Waals surface area contributed by atoms with Crippen LogP contribution in [0.2, 0.25) is 0 Å². The summed E-state index contributed by atoms with van der Waals surface area (Å²) in [5, 5.41) is 9.16. The molecule has 0 saturated heterocycles. The van der Waals surface area contributed by atoms with E-state index in [9.17, 15) is 13.6 Å². The van der Waals surface area contributed by atoms with Crippen LogP contribution in [0.5, 0.6) is 0 Å². The van der Waals surface area contributed by atoms with Crippen LogP contribution >= 0.6 is 0 Å². The minimum absolute atomic E-state index is 0.0655. The molecule has 0 radical (unpaired) electrons. The Labute approximate surface area is 133 Å². The summed E-state index contributed by atoms with van der Waals surface area (Å²) < 4.78 is 26.1. The third kappa shape index (κ3) is 4.21. The zero-order valence-corrected chi connectivity index (χ0v) is 12.4. The second-order valence-electron chi connectivity index (χ2n) is 4.93. The van der Waals surface area contributed by atoms with Gasteiger partial charge in [-0.05, 0) is 42.3 Å². The number of hydrogen-bond acceptors (Lipinski definition) is 2. The number of carbonyl (C=O) groups excluding carboxylic acids is 1. The Hall–Kier alpha value is -3.06. The van der Waals surface area contributed by atoms with Crippen molar-refractivity contribution in [1.29, 1.82) is 5.26 Å². The van der Waals surface area contributed by atoms with Crippen molar-refractivity contribution in [1.82, 2.24) is 0 Å². The average Bonchev–Trinajstić information content (AvgIpc) is 2.55. The topological polar surface area (TPSA) is 40.9 Å². The summed E-state index contributed by atoms with van der Waals surface area (Å²) in [6.45, 7) is 1.75. The lowest BCUT2D eigenvalue weighted by molar-refractivity contribution is 0.103. The second kappa shape index (κ2) is 7.28. The third-order valence-electron chi connectivity index (χ3n) is 3.11. The Bertz CT molecular complexity index is 830. The Morgan fingerprint density at radius 1 is 1.09 bits per heavy atom. The first-order valence-electron chi connectivity index (χ1n) is 6.86. The minimum atomic E-state index is -1.12. The van der Waals surface area contributed by atoms with E-state index >= 15 is 0 Å². The van der Waals surface area contributed by atoms with Crippen LogP contribution in [-0.2, 0) is 0 Å². The van der Waals surface area contributed by atoms with Crippen molar-refractivity contribution in [2.45, 2.75) is 6.92 Å². The molecule has 114 valence electrons. The summed E-state index contributed by atoms with van der Waals surface area (Å²) >= 11 is 0. The largest absolute Gasteiger partial charge is 0.288 e. The molecule has 0 fully saturated rings. The third-order valence-corrected chi connectivity index (χ3v) is 3.11. The maximum Gasteiger partial charge on any atom is 0.203 e. The first-order valence-corrected chi connectivity index (χ1v) is 6.86. The van der Waals surface area contributed by atoms with E-state index in [2.05, 4.69) is 0 Å². The summed E-state index contributed by atoms with van der Waals surface area (Å²) in [4.78, 5) is 12.2. The number of nitriles is 1. The van der Waals surface area contributed by atoms with Gasteiger partial charge in [0.05, 0.1) is 0 Å². The van der Waals surface area contributed by atoms with Crippen LogP contribution < -0.4 is 0 Å². The number of nitrogens with zero attached hydrogens (tertiary/aromatic N) is 1. The van der Waals surface area contributed by atoms with Gasteiger partial charge in [0, 0.05) is 5.56 Å². The van der Waals surface area contributed by atoms with E-state index in [4.69, 9.17) is 5.26 Å². The second-order valence-corrected chi connectivity index (χ2v) is 4.93. The molecule has 0 heterocycles. The molecule has 23 heavy (non-hydrogen) atoms. The fraction of sp³-hybridized carbons (Fsp3) is 0.0526. The molecule has 2 rings (SSSR count). The van der Waals surface area contributed by atoms with Crippen molar-refractivity contribution >= 4 is 11.9 Å². The highest BCUT2D eigenvalue weighted by Gasteiger charge is 2.14. The van der Waals surface area contributed by atoms with Crippen LogP contribution in [0.25, 0.3) is 6.08 Å². The SMILES string of the molecule is CC(=Cc1ccccc1)C=C(C#N)C(=O)c1ccc(F)c(F)c1. The van der Waals surface area contributed by atoms with Gasteiger partial charge in [-0.15, -0.1) is 0 Å². The van der Waals surface area contributed by atoms with Crippen molar-refractivity contribution in [3.63, 3.8) is 0 Å². The molecule has 0 aliphatic heterocycles. The Morgan fingerprint density at radius 3 is 2.39 bits per heavy atom. The molecule has 0 unspecified atom stereocenters. The van der Waals surface area contributed by atoms with Crippen molar-refractivity contribution < 1.29 is 13.6 Å². The zero-order chi connectivity index (χ0) is 16.8. The van der Waals surface area contributed by atoms with Gasteiger partial charge in [0.25, 0.3) is 0 Å². The number of carbonyl (C=O) groups is 1. The summed E-state index contributed by atoms with van der Waals surface area (Å²) in [6.07, 6.45) is 3.24. The molecule has 4 heteroatoms. The normalized spacial score (nSPS) is 11.9. The van der Waals surface area contributed by atoms with E-state index < -0.39 is 17.4 Å².